The van der Waals surface area contributed by atoms with Gasteiger partial charge in [0.1, 0.15) is 12.3 Å². The molecule has 6 aromatic carbocycles. The number of ether oxygens (including phenoxy) is 1. The quantitative estimate of drug-likeness (QED) is 0.169. The average Bonchev–Trinajstić information content (AvgIpc) is 3.23. The largest absolute Gasteiger partial charge is 0.472 e. The Morgan fingerprint density at radius 1 is 0.385 bits per heavy atom. The molecule has 10 rings (SSSR count). The molecule has 0 aliphatic carbocycles. The van der Waals surface area contributed by atoms with Crippen LogP contribution >= 0.6 is 0 Å². The Kier molecular flexibility index (Phi) is 7.06. The van der Waals surface area contributed by atoms with Crippen molar-refractivity contribution in [1.29, 1.82) is 0 Å². The second-order valence-corrected chi connectivity index (χ2v) is 12.7. The first-order valence-corrected chi connectivity index (χ1v) is 17.1. The molecule has 0 saturated heterocycles. The Morgan fingerprint density at radius 2 is 1.00 bits per heavy atom. The van der Waals surface area contributed by atoms with Crippen LogP contribution in [-0.4, -0.2) is 29.9 Å². The monoisotopic (exact) mass is 668 g/mol. The molecule has 4 heterocycles. The smallest absolute Gasteiger partial charge is 0.222 e. The third-order valence-corrected chi connectivity index (χ3v) is 9.47. The molecule has 0 radical (unpaired) electrons. The van der Waals surface area contributed by atoms with Crippen LogP contribution in [0, 0.1) is 0 Å². The van der Waals surface area contributed by atoms with Gasteiger partial charge in [0.25, 0.3) is 0 Å². The zero-order valence-corrected chi connectivity index (χ0v) is 27.8. The maximum Gasteiger partial charge on any atom is 0.222 e. The van der Waals surface area contributed by atoms with Crippen molar-refractivity contribution in [2.45, 2.75) is 6.61 Å². The summed E-state index contributed by atoms with van der Waals surface area (Å²) >= 11 is 0. The molecule has 9 aromatic rings. The topological polar surface area (TPSA) is 86.6 Å². The minimum atomic E-state index is 0.474. The maximum absolute atomic E-state index is 6.13. The van der Waals surface area contributed by atoms with Crippen molar-refractivity contribution in [3.05, 3.63) is 163 Å². The highest BCUT2D eigenvalue weighted by Crippen LogP contribution is 2.39. The molecule has 7 heteroatoms. The third-order valence-electron chi connectivity index (χ3n) is 9.47. The van der Waals surface area contributed by atoms with Gasteiger partial charge in [-0.15, -0.1) is 0 Å². The molecule has 1 aliphatic rings. The number of aromatic nitrogens is 6. The number of hydrogen-bond acceptors (Lipinski definition) is 7. The molecule has 0 amide bonds. The van der Waals surface area contributed by atoms with Gasteiger partial charge in [-0.2, -0.15) is 0 Å². The Bertz CT molecular complexity index is 2730. The van der Waals surface area contributed by atoms with E-state index in [4.69, 9.17) is 34.6 Å². The van der Waals surface area contributed by atoms with Gasteiger partial charge in [-0.3, -0.25) is 0 Å². The summed E-state index contributed by atoms with van der Waals surface area (Å²) in [4.78, 5) is 30.0. The lowest BCUT2D eigenvalue weighted by Crippen LogP contribution is -2.07. The van der Waals surface area contributed by atoms with E-state index in [1.165, 1.54) is 0 Å². The highest BCUT2D eigenvalue weighted by atomic mass is 16.5. The van der Waals surface area contributed by atoms with Gasteiger partial charge < -0.3 is 4.74 Å². The molecule has 0 fully saturated rings. The van der Waals surface area contributed by atoms with Crippen LogP contribution in [0.15, 0.2) is 158 Å². The van der Waals surface area contributed by atoms with Crippen LogP contribution in [0.25, 0.3) is 89.7 Å². The van der Waals surface area contributed by atoms with Crippen LogP contribution < -0.4 is 4.74 Å². The molecule has 0 spiro atoms. The summed E-state index contributed by atoms with van der Waals surface area (Å²) in [6.07, 6.45) is 0. The van der Waals surface area contributed by atoms with Crippen molar-refractivity contribution in [3.8, 4) is 73.9 Å². The Hall–Kier alpha value is -7.12. The average molecular weight is 669 g/mol. The van der Waals surface area contributed by atoms with Crippen LogP contribution in [-0.2, 0) is 6.61 Å². The highest BCUT2D eigenvalue weighted by molar-refractivity contribution is 6.09. The lowest BCUT2D eigenvalue weighted by atomic mass is 9.99. The van der Waals surface area contributed by atoms with Crippen molar-refractivity contribution in [3.63, 3.8) is 0 Å². The van der Waals surface area contributed by atoms with E-state index >= 15 is 0 Å². The molecule has 1 aliphatic heterocycles. The molecular formula is C45H28N6O. The van der Waals surface area contributed by atoms with Crippen molar-refractivity contribution in [2.24, 2.45) is 0 Å². The van der Waals surface area contributed by atoms with Crippen molar-refractivity contribution >= 4 is 21.7 Å². The summed E-state index contributed by atoms with van der Waals surface area (Å²) in [5.74, 6) is 2.96. The van der Waals surface area contributed by atoms with Gasteiger partial charge in [0.15, 0.2) is 23.3 Å². The Labute approximate surface area is 299 Å². The fourth-order valence-corrected chi connectivity index (χ4v) is 6.85. The van der Waals surface area contributed by atoms with Crippen molar-refractivity contribution < 1.29 is 4.74 Å². The van der Waals surface area contributed by atoms with Gasteiger partial charge in [-0.05, 0) is 34.7 Å². The third kappa shape index (κ3) is 5.23. The van der Waals surface area contributed by atoms with E-state index in [2.05, 4.69) is 54.6 Å². The second-order valence-electron chi connectivity index (χ2n) is 12.7. The number of hydrogen-bond donors (Lipinski definition) is 0. The zero-order chi connectivity index (χ0) is 34.4. The fraction of sp³-hybridized carbons (Fsp3) is 0.0222. The normalized spacial score (nSPS) is 11.9. The van der Waals surface area contributed by atoms with Gasteiger partial charge in [-0.25, -0.2) is 29.9 Å². The summed E-state index contributed by atoms with van der Waals surface area (Å²) < 4.78 is 6.13. The van der Waals surface area contributed by atoms with E-state index < -0.39 is 0 Å². The van der Waals surface area contributed by atoms with Gasteiger partial charge in [0.2, 0.25) is 5.88 Å². The van der Waals surface area contributed by atoms with Crippen molar-refractivity contribution in [1.82, 2.24) is 29.9 Å². The molecule has 7 nitrogen and oxygen atoms in total. The second kappa shape index (κ2) is 12.3. The highest BCUT2D eigenvalue weighted by Gasteiger charge is 2.21. The van der Waals surface area contributed by atoms with Crippen LogP contribution in [0.2, 0.25) is 0 Å². The molecule has 0 N–H and O–H groups in total. The predicted molar refractivity (Wildman–Crippen MR) is 205 cm³/mol. The van der Waals surface area contributed by atoms with Crippen LogP contribution in [0.5, 0.6) is 5.88 Å². The summed E-state index contributed by atoms with van der Waals surface area (Å²) in [6, 6.07) is 53.1. The zero-order valence-electron chi connectivity index (χ0n) is 27.8. The van der Waals surface area contributed by atoms with E-state index in [1.807, 2.05) is 103 Å². The lowest BCUT2D eigenvalue weighted by molar-refractivity contribution is 0.290. The lowest BCUT2D eigenvalue weighted by Gasteiger charge is -2.20. The first-order valence-electron chi connectivity index (χ1n) is 17.1. The molecule has 0 saturated carbocycles. The van der Waals surface area contributed by atoms with E-state index in [1.54, 1.807) is 0 Å². The van der Waals surface area contributed by atoms with E-state index in [0.29, 0.717) is 41.5 Å². The number of nitrogens with zero attached hydrogens (tertiary/aromatic N) is 6. The minimum Gasteiger partial charge on any atom is -0.472 e. The predicted octanol–water partition coefficient (Wildman–Crippen LogP) is 10.3. The molecule has 0 atom stereocenters. The van der Waals surface area contributed by atoms with Crippen molar-refractivity contribution in [2.75, 3.05) is 0 Å². The number of rotatable bonds is 5. The minimum absolute atomic E-state index is 0.474. The van der Waals surface area contributed by atoms with Gasteiger partial charge in [-0.1, -0.05) is 140 Å². The molecule has 0 bridgehead atoms. The first-order chi connectivity index (χ1) is 25.7. The standard InChI is InChI=1S/C45H28N6O/c1-3-12-30(13-4-1)41-49-42(31-14-5-2-6-15-31)51-43(50-41)32-21-19-29(20-22-32)39-37-24-23-28-11-7-10-18-35(28)40(37)48-44(47-39)38-26-25-36-34-17-9-8-16-33(34)27-52-45(36)46-38/h1-26H,27H2. The molecular weight excluding hydrogens is 641 g/mol. The maximum atomic E-state index is 6.13. The SMILES string of the molecule is c1ccc(-c2nc(-c3ccccc3)nc(-c3ccc(-c4nc(-c5ccc6c(n5)OCc5ccccc5-6)nc5c4ccc4ccccc45)cc3)n2)cc1. The number of benzene rings is 6. The molecule has 244 valence electrons. The summed E-state index contributed by atoms with van der Waals surface area (Å²) in [5, 5.41) is 3.12. The molecule has 3 aromatic heterocycles. The van der Waals surface area contributed by atoms with Crippen LogP contribution in [0.4, 0.5) is 0 Å². The number of fused-ring (bicyclic) bond motifs is 6. The Balaban J connectivity index is 1.10. The summed E-state index contributed by atoms with van der Waals surface area (Å²) in [5.41, 5.74) is 9.26. The van der Waals surface area contributed by atoms with Gasteiger partial charge >= 0.3 is 0 Å². The van der Waals surface area contributed by atoms with Gasteiger partial charge in [0, 0.05) is 38.6 Å². The molecule has 0 unspecified atom stereocenters. The Morgan fingerprint density at radius 3 is 1.73 bits per heavy atom. The van der Waals surface area contributed by atoms with E-state index in [0.717, 1.165) is 66.3 Å². The van der Waals surface area contributed by atoms with E-state index in [-0.39, 0.29) is 0 Å². The van der Waals surface area contributed by atoms with Crippen LogP contribution in [0.1, 0.15) is 5.56 Å². The fourth-order valence-electron chi connectivity index (χ4n) is 6.85. The van der Waals surface area contributed by atoms with Crippen LogP contribution in [0.3, 0.4) is 0 Å². The number of pyridine rings is 1. The van der Waals surface area contributed by atoms with E-state index in [9.17, 15) is 0 Å². The molecule has 52 heavy (non-hydrogen) atoms. The first kappa shape index (κ1) is 29.8. The summed E-state index contributed by atoms with van der Waals surface area (Å²) in [7, 11) is 0. The van der Waals surface area contributed by atoms with Gasteiger partial charge in [0.05, 0.1) is 11.2 Å². The summed E-state index contributed by atoms with van der Waals surface area (Å²) in [6.45, 7) is 0.474.